The van der Waals surface area contributed by atoms with Crippen LogP contribution in [0.25, 0.3) is 0 Å². The molecule has 3 aliphatic heterocycles. The molecule has 45 heavy (non-hydrogen) atoms. The molecule has 0 unspecified atom stereocenters. The van der Waals surface area contributed by atoms with Gasteiger partial charge in [0.2, 0.25) is 5.91 Å². The van der Waals surface area contributed by atoms with Crippen molar-refractivity contribution in [1.82, 2.24) is 4.90 Å². The van der Waals surface area contributed by atoms with Gasteiger partial charge >= 0.3 is 0 Å². The van der Waals surface area contributed by atoms with Crippen LogP contribution in [0.1, 0.15) is 58.6 Å². The summed E-state index contributed by atoms with van der Waals surface area (Å²) in [5.41, 5.74) is 0.967. The van der Waals surface area contributed by atoms with Crippen molar-refractivity contribution in [3.8, 4) is 11.5 Å². The van der Waals surface area contributed by atoms with E-state index in [1.807, 2.05) is 6.07 Å². The summed E-state index contributed by atoms with van der Waals surface area (Å²) < 4.78 is 10.8. The first-order valence-electron chi connectivity index (χ1n) is 15.1. The minimum atomic E-state index is -1.25. The number of thioether (sulfide) groups is 1. The van der Waals surface area contributed by atoms with E-state index in [0.29, 0.717) is 22.2 Å². The predicted octanol–water partition coefficient (Wildman–Crippen LogP) is 5.84. The molecule has 4 aliphatic rings. The molecule has 12 heteroatoms. The monoisotopic (exact) mass is 635 g/mol. The quantitative estimate of drug-likeness (QED) is 0.208. The fourth-order valence-electron chi connectivity index (χ4n) is 7.33. The van der Waals surface area contributed by atoms with Gasteiger partial charge in [0.15, 0.2) is 23.4 Å². The van der Waals surface area contributed by atoms with Gasteiger partial charge < -0.3 is 9.47 Å². The predicted molar refractivity (Wildman–Crippen MR) is 167 cm³/mol. The SMILES string of the molecule is COc1cc([C@H]2[C@H]3C(=O)N(C4=C(C(C)=O)[C@H]5CC[C@H](C(C)(C)C)C[C@@H]5S4)C(=O)[C@H]3ON2c2ccccc2)c([N+](=O)[O-])cc1OC. The largest absolute Gasteiger partial charge is 0.493 e. The Balaban J connectivity index is 1.45. The Bertz CT molecular complexity index is 1600. The normalized spacial score (nSPS) is 28.0. The molecule has 1 aliphatic carbocycles. The number of rotatable bonds is 7. The lowest BCUT2D eigenvalue weighted by Gasteiger charge is -2.39. The van der Waals surface area contributed by atoms with Gasteiger partial charge in [-0.25, -0.2) is 9.96 Å². The Kier molecular flexibility index (Phi) is 7.93. The summed E-state index contributed by atoms with van der Waals surface area (Å²) in [5.74, 6) is -1.63. The number of Topliss-reactive ketones (excluding diaryl/α,β-unsaturated/α-hetero) is 1. The van der Waals surface area contributed by atoms with Gasteiger partial charge in [0.25, 0.3) is 11.6 Å². The van der Waals surface area contributed by atoms with Crippen LogP contribution in [0, 0.1) is 33.3 Å². The van der Waals surface area contributed by atoms with Crippen LogP contribution in [-0.4, -0.2) is 53.0 Å². The zero-order chi connectivity index (χ0) is 32.4. The molecule has 238 valence electrons. The highest BCUT2D eigenvalue weighted by Crippen LogP contribution is 2.57. The Morgan fingerprint density at radius 1 is 1.04 bits per heavy atom. The molecule has 2 aromatic rings. The van der Waals surface area contributed by atoms with E-state index in [1.54, 1.807) is 24.3 Å². The van der Waals surface area contributed by atoms with Gasteiger partial charge in [-0.05, 0) is 55.7 Å². The zero-order valence-corrected chi connectivity index (χ0v) is 27.0. The molecule has 11 nitrogen and oxygen atoms in total. The molecule has 2 saturated heterocycles. The van der Waals surface area contributed by atoms with Crippen LogP contribution in [0.15, 0.2) is 53.1 Å². The van der Waals surface area contributed by atoms with Crippen molar-refractivity contribution in [2.24, 2.45) is 23.2 Å². The van der Waals surface area contributed by atoms with Crippen LogP contribution >= 0.6 is 11.8 Å². The lowest BCUT2D eigenvalue weighted by Crippen LogP contribution is -2.37. The number of benzene rings is 2. The molecule has 2 aromatic carbocycles. The van der Waals surface area contributed by atoms with Gasteiger partial charge in [-0.3, -0.25) is 29.3 Å². The second kappa shape index (κ2) is 11.5. The molecule has 1 saturated carbocycles. The molecular formula is C33H37N3O8S. The highest BCUT2D eigenvalue weighted by molar-refractivity contribution is 8.04. The van der Waals surface area contributed by atoms with Crippen molar-refractivity contribution in [3.63, 3.8) is 0 Å². The Labute approximate surface area is 266 Å². The Morgan fingerprint density at radius 3 is 2.31 bits per heavy atom. The molecule has 6 rings (SSSR count). The van der Waals surface area contributed by atoms with Gasteiger partial charge in [-0.1, -0.05) is 39.0 Å². The third-order valence-corrected chi connectivity index (χ3v) is 11.1. The lowest BCUT2D eigenvalue weighted by molar-refractivity contribution is -0.385. The minimum Gasteiger partial charge on any atom is -0.493 e. The number of carbonyl (C=O) groups excluding carboxylic acids is 3. The number of amides is 2. The Hall–Kier alpha value is -3.90. The highest BCUT2D eigenvalue weighted by Gasteiger charge is 2.63. The number of hydrogen-bond donors (Lipinski definition) is 0. The summed E-state index contributed by atoms with van der Waals surface area (Å²) in [6, 6.07) is 10.5. The first kappa shape index (κ1) is 31.1. The molecule has 3 heterocycles. The van der Waals surface area contributed by atoms with E-state index in [1.165, 1.54) is 50.1 Å². The number of hydroxylamine groups is 1. The van der Waals surface area contributed by atoms with E-state index < -0.39 is 34.8 Å². The van der Waals surface area contributed by atoms with Crippen molar-refractivity contribution >= 4 is 40.7 Å². The second-order valence-corrected chi connectivity index (χ2v) is 14.3. The third-order valence-electron chi connectivity index (χ3n) is 9.64. The summed E-state index contributed by atoms with van der Waals surface area (Å²) in [6.07, 6.45) is 1.39. The number of ether oxygens (including phenoxy) is 2. The van der Waals surface area contributed by atoms with Gasteiger partial charge in [0.05, 0.1) is 41.5 Å². The van der Waals surface area contributed by atoms with Gasteiger partial charge in [0, 0.05) is 16.7 Å². The van der Waals surface area contributed by atoms with Gasteiger partial charge in [0.1, 0.15) is 12.0 Å². The second-order valence-electron chi connectivity index (χ2n) is 13.1. The average molecular weight is 636 g/mol. The van der Waals surface area contributed by atoms with E-state index in [2.05, 4.69) is 20.8 Å². The van der Waals surface area contributed by atoms with Crippen LogP contribution in [0.3, 0.4) is 0 Å². The van der Waals surface area contributed by atoms with Crippen molar-refractivity contribution < 1.29 is 33.6 Å². The number of imide groups is 1. The number of allylic oxidation sites excluding steroid dienone is 1. The summed E-state index contributed by atoms with van der Waals surface area (Å²) in [6.45, 7) is 8.14. The van der Waals surface area contributed by atoms with E-state index >= 15 is 0 Å². The molecule has 0 N–H and O–H groups in total. The van der Waals surface area contributed by atoms with Gasteiger partial charge in [-0.2, -0.15) is 0 Å². The number of anilines is 1. The molecule has 3 fully saturated rings. The standard InChI is InChI=1S/C33H37N3O8S/c1-17(37)26-20-13-12-18(33(2,3)4)14-25(20)45-32(26)34-30(38)27-28(21-15-23(42-5)24(43-6)16-22(21)36(40)41)35(44-29(27)31(34)39)19-10-8-7-9-11-19/h7-11,15-16,18,20,25,27-29H,12-14H2,1-6H3/t18-,20-,25-,27+,28-,29-/m0/s1. The molecule has 2 amide bonds. The van der Waals surface area contributed by atoms with Crippen molar-refractivity contribution in [1.29, 1.82) is 0 Å². The maximum absolute atomic E-state index is 14.5. The van der Waals surface area contributed by atoms with Crippen LogP contribution in [0.2, 0.25) is 0 Å². The fourth-order valence-corrected chi connectivity index (χ4v) is 9.09. The van der Waals surface area contributed by atoms with Crippen molar-refractivity contribution in [2.75, 3.05) is 19.3 Å². The van der Waals surface area contributed by atoms with Crippen LogP contribution in [-0.2, 0) is 19.2 Å². The summed E-state index contributed by atoms with van der Waals surface area (Å²) in [5, 5.41) is 14.3. The number of carbonyl (C=O) groups is 3. The first-order chi connectivity index (χ1) is 21.4. The smallest absolute Gasteiger partial charge is 0.278 e. The lowest BCUT2D eigenvalue weighted by atomic mass is 9.68. The van der Waals surface area contributed by atoms with Crippen LogP contribution < -0.4 is 14.5 Å². The summed E-state index contributed by atoms with van der Waals surface area (Å²) >= 11 is 1.44. The average Bonchev–Trinajstić information content (AvgIpc) is 3.65. The number of nitro groups is 1. The van der Waals surface area contributed by atoms with Crippen molar-refractivity contribution in [2.45, 2.75) is 64.4 Å². The molecule has 0 aromatic heterocycles. The number of ketones is 1. The number of likely N-dealkylation sites (tertiary alicyclic amines) is 1. The molecule has 0 bridgehead atoms. The number of methoxy groups -OCH3 is 2. The summed E-state index contributed by atoms with van der Waals surface area (Å²) in [7, 11) is 2.79. The molecule has 0 radical (unpaired) electrons. The number of para-hydroxylation sites is 1. The zero-order valence-electron chi connectivity index (χ0n) is 26.1. The molecular weight excluding hydrogens is 598 g/mol. The van der Waals surface area contributed by atoms with E-state index in [-0.39, 0.29) is 45.1 Å². The third kappa shape index (κ3) is 5.07. The van der Waals surface area contributed by atoms with Crippen LogP contribution in [0.4, 0.5) is 11.4 Å². The van der Waals surface area contributed by atoms with Gasteiger partial charge in [-0.15, -0.1) is 11.8 Å². The minimum absolute atomic E-state index is 0.0494. The van der Waals surface area contributed by atoms with E-state index in [0.717, 1.165) is 24.2 Å². The summed E-state index contributed by atoms with van der Waals surface area (Å²) in [4.78, 5) is 61.1. The number of hydrogen-bond acceptors (Lipinski definition) is 10. The maximum atomic E-state index is 14.5. The van der Waals surface area contributed by atoms with Crippen LogP contribution in [0.5, 0.6) is 11.5 Å². The van der Waals surface area contributed by atoms with E-state index in [4.69, 9.17) is 14.3 Å². The maximum Gasteiger partial charge on any atom is 0.278 e. The fraction of sp³-hybridized carbons (Fsp3) is 0.485. The first-order valence-corrected chi connectivity index (χ1v) is 16.0. The van der Waals surface area contributed by atoms with E-state index in [9.17, 15) is 24.5 Å². The topological polar surface area (TPSA) is 129 Å². The molecule has 0 spiro atoms. The van der Waals surface area contributed by atoms with Crippen molar-refractivity contribution in [3.05, 3.63) is 68.7 Å². The highest BCUT2D eigenvalue weighted by atomic mass is 32.2. The number of nitro benzene ring substituents is 1. The molecule has 6 atom stereocenters. The Morgan fingerprint density at radius 2 is 1.71 bits per heavy atom. The number of fused-ring (bicyclic) bond motifs is 2. The number of nitrogens with zero attached hydrogens (tertiary/aromatic N) is 3.